The molecule has 0 aliphatic heterocycles. The Morgan fingerprint density at radius 3 is 2.31 bits per heavy atom. The van der Waals surface area contributed by atoms with Crippen molar-refractivity contribution in [2.45, 2.75) is 31.2 Å². The van der Waals surface area contributed by atoms with E-state index < -0.39 is 22.0 Å². The Balaban J connectivity index is 2.00. The van der Waals surface area contributed by atoms with Crippen molar-refractivity contribution >= 4 is 50.8 Å². The number of hydrogen-bond acceptors (Lipinski definition) is 5. The SMILES string of the molecule is CCOC(=O)C(C)NC(=O)Cc1ccc(NS(=O)(=O)c2ccc(Cl)c(Cl)c2)cc1. The van der Waals surface area contributed by atoms with E-state index in [1.54, 1.807) is 19.1 Å². The van der Waals surface area contributed by atoms with E-state index in [4.69, 9.17) is 27.9 Å². The molecule has 0 bridgehead atoms. The van der Waals surface area contributed by atoms with Gasteiger partial charge in [0, 0.05) is 5.69 Å². The Kier molecular flexibility index (Phi) is 7.89. The molecule has 0 saturated heterocycles. The second-order valence-electron chi connectivity index (χ2n) is 6.10. The number of hydrogen-bond donors (Lipinski definition) is 2. The molecule has 0 aliphatic rings. The van der Waals surface area contributed by atoms with Gasteiger partial charge in [-0.3, -0.25) is 9.52 Å². The number of amides is 1. The van der Waals surface area contributed by atoms with Crippen molar-refractivity contribution in [3.8, 4) is 0 Å². The zero-order valence-corrected chi connectivity index (χ0v) is 18.1. The largest absolute Gasteiger partial charge is 0.464 e. The standard InChI is InChI=1S/C19H20Cl2N2O5S/c1-3-28-19(25)12(2)22-18(24)10-13-4-6-14(7-5-13)23-29(26,27)15-8-9-16(20)17(21)11-15/h4-9,11-12,23H,3,10H2,1-2H3,(H,22,24). The number of nitrogens with one attached hydrogen (secondary N) is 2. The van der Waals surface area contributed by atoms with Crippen LogP contribution in [-0.4, -0.2) is 32.9 Å². The van der Waals surface area contributed by atoms with Gasteiger partial charge in [-0.1, -0.05) is 35.3 Å². The van der Waals surface area contributed by atoms with E-state index in [2.05, 4.69) is 10.0 Å². The Bertz CT molecular complexity index is 994. The second-order valence-corrected chi connectivity index (χ2v) is 8.59. The van der Waals surface area contributed by atoms with Crippen LogP contribution >= 0.6 is 23.2 Å². The predicted molar refractivity (Wildman–Crippen MR) is 112 cm³/mol. The lowest BCUT2D eigenvalue weighted by Gasteiger charge is -2.13. The maximum Gasteiger partial charge on any atom is 0.328 e. The molecule has 0 aliphatic carbocycles. The van der Waals surface area contributed by atoms with E-state index in [1.165, 1.54) is 37.3 Å². The first-order chi connectivity index (χ1) is 13.6. The summed E-state index contributed by atoms with van der Waals surface area (Å²) in [6.07, 6.45) is 0.0313. The molecular weight excluding hydrogens is 439 g/mol. The van der Waals surface area contributed by atoms with Gasteiger partial charge < -0.3 is 10.1 Å². The van der Waals surface area contributed by atoms with Crippen molar-refractivity contribution in [2.75, 3.05) is 11.3 Å². The molecule has 2 rings (SSSR count). The van der Waals surface area contributed by atoms with Gasteiger partial charge in [0.15, 0.2) is 0 Å². The number of ether oxygens (including phenoxy) is 1. The fraction of sp³-hybridized carbons (Fsp3) is 0.263. The number of anilines is 1. The quantitative estimate of drug-likeness (QED) is 0.590. The molecule has 7 nitrogen and oxygen atoms in total. The summed E-state index contributed by atoms with van der Waals surface area (Å²) in [5.74, 6) is -0.859. The van der Waals surface area contributed by atoms with Gasteiger partial charge in [0.05, 0.1) is 28.0 Å². The van der Waals surface area contributed by atoms with Crippen LogP contribution in [0.3, 0.4) is 0 Å². The van der Waals surface area contributed by atoms with Crippen molar-refractivity contribution in [1.29, 1.82) is 0 Å². The Morgan fingerprint density at radius 2 is 1.72 bits per heavy atom. The lowest BCUT2D eigenvalue weighted by Crippen LogP contribution is -2.40. The van der Waals surface area contributed by atoms with Crippen molar-refractivity contribution in [3.63, 3.8) is 0 Å². The van der Waals surface area contributed by atoms with Crippen molar-refractivity contribution in [3.05, 3.63) is 58.1 Å². The molecule has 2 aromatic rings. The maximum atomic E-state index is 12.4. The second kappa shape index (κ2) is 9.96. The minimum Gasteiger partial charge on any atom is -0.464 e. The third kappa shape index (κ3) is 6.62. The zero-order valence-electron chi connectivity index (χ0n) is 15.7. The van der Waals surface area contributed by atoms with E-state index in [0.717, 1.165) is 0 Å². The maximum absolute atomic E-state index is 12.4. The minimum atomic E-state index is -3.84. The predicted octanol–water partition coefficient (Wildman–Crippen LogP) is 3.40. The number of sulfonamides is 1. The van der Waals surface area contributed by atoms with Crippen LogP contribution < -0.4 is 10.0 Å². The molecule has 0 aromatic heterocycles. The molecule has 0 spiro atoms. The van der Waals surface area contributed by atoms with Gasteiger partial charge in [0.25, 0.3) is 10.0 Å². The Hall–Kier alpha value is -2.29. The lowest BCUT2D eigenvalue weighted by atomic mass is 10.1. The lowest BCUT2D eigenvalue weighted by molar-refractivity contribution is -0.146. The van der Waals surface area contributed by atoms with Crippen LogP contribution in [0, 0.1) is 0 Å². The van der Waals surface area contributed by atoms with Gasteiger partial charge in [-0.15, -0.1) is 0 Å². The van der Waals surface area contributed by atoms with Crippen LogP contribution in [0.1, 0.15) is 19.4 Å². The molecule has 0 heterocycles. The van der Waals surface area contributed by atoms with E-state index in [1.807, 2.05) is 0 Å². The number of halogens is 2. The first-order valence-corrected chi connectivity index (χ1v) is 10.9. The molecule has 156 valence electrons. The number of esters is 1. The summed E-state index contributed by atoms with van der Waals surface area (Å²) < 4.78 is 32.2. The molecule has 2 N–H and O–H groups in total. The molecule has 29 heavy (non-hydrogen) atoms. The van der Waals surface area contributed by atoms with Gasteiger partial charge >= 0.3 is 5.97 Å². The van der Waals surface area contributed by atoms with Crippen LogP contribution in [-0.2, 0) is 30.8 Å². The molecule has 1 unspecified atom stereocenters. The number of rotatable bonds is 8. The molecule has 0 fully saturated rings. The molecule has 1 amide bonds. The fourth-order valence-electron chi connectivity index (χ4n) is 2.35. The monoisotopic (exact) mass is 458 g/mol. The van der Waals surface area contributed by atoms with E-state index in [9.17, 15) is 18.0 Å². The number of carbonyl (C=O) groups excluding carboxylic acids is 2. The third-order valence-electron chi connectivity index (χ3n) is 3.79. The summed E-state index contributed by atoms with van der Waals surface area (Å²) in [6.45, 7) is 3.46. The third-order valence-corrected chi connectivity index (χ3v) is 5.91. The van der Waals surface area contributed by atoms with E-state index in [-0.39, 0.29) is 33.9 Å². The van der Waals surface area contributed by atoms with Gasteiger partial charge in [0.1, 0.15) is 6.04 Å². The highest BCUT2D eigenvalue weighted by molar-refractivity contribution is 7.92. The highest BCUT2D eigenvalue weighted by Crippen LogP contribution is 2.26. The molecular formula is C19H20Cl2N2O5S. The Labute approximate surface area is 179 Å². The first-order valence-electron chi connectivity index (χ1n) is 8.65. The van der Waals surface area contributed by atoms with Crippen LogP contribution in [0.4, 0.5) is 5.69 Å². The molecule has 0 saturated carbocycles. The summed E-state index contributed by atoms with van der Waals surface area (Å²) in [6, 6.07) is 9.55. The van der Waals surface area contributed by atoms with Gasteiger partial charge in [-0.25, -0.2) is 13.2 Å². The molecule has 10 heteroatoms. The molecule has 1 atom stereocenters. The zero-order chi connectivity index (χ0) is 21.6. The number of benzene rings is 2. The van der Waals surface area contributed by atoms with Crippen molar-refractivity contribution in [1.82, 2.24) is 5.32 Å². The topological polar surface area (TPSA) is 102 Å². The summed E-state index contributed by atoms with van der Waals surface area (Å²) in [4.78, 5) is 23.6. The van der Waals surface area contributed by atoms with E-state index in [0.29, 0.717) is 11.3 Å². The summed E-state index contributed by atoms with van der Waals surface area (Å²) in [5.41, 5.74) is 0.969. The molecule has 2 aromatic carbocycles. The molecule has 0 radical (unpaired) electrons. The smallest absolute Gasteiger partial charge is 0.328 e. The minimum absolute atomic E-state index is 0.0247. The normalized spacial score (nSPS) is 12.1. The number of carbonyl (C=O) groups is 2. The van der Waals surface area contributed by atoms with Gasteiger partial charge in [-0.05, 0) is 49.7 Å². The first kappa shape index (κ1) is 23.0. The van der Waals surface area contributed by atoms with Gasteiger partial charge in [0.2, 0.25) is 5.91 Å². The fourth-order valence-corrected chi connectivity index (χ4v) is 3.80. The van der Waals surface area contributed by atoms with E-state index >= 15 is 0 Å². The average Bonchev–Trinajstić information content (AvgIpc) is 2.65. The van der Waals surface area contributed by atoms with Crippen LogP contribution in [0.15, 0.2) is 47.4 Å². The van der Waals surface area contributed by atoms with Crippen molar-refractivity contribution in [2.24, 2.45) is 0 Å². The Morgan fingerprint density at radius 1 is 1.07 bits per heavy atom. The van der Waals surface area contributed by atoms with Crippen LogP contribution in [0.2, 0.25) is 10.0 Å². The van der Waals surface area contributed by atoms with Crippen LogP contribution in [0.5, 0.6) is 0 Å². The highest BCUT2D eigenvalue weighted by atomic mass is 35.5. The van der Waals surface area contributed by atoms with Crippen molar-refractivity contribution < 1.29 is 22.7 Å². The summed E-state index contributed by atoms with van der Waals surface area (Å²) in [7, 11) is -3.84. The van der Waals surface area contributed by atoms with Crippen LogP contribution in [0.25, 0.3) is 0 Å². The summed E-state index contributed by atoms with van der Waals surface area (Å²) >= 11 is 11.7. The average molecular weight is 459 g/mol. The van der Waals surface area contributed by atoms with Gasteiger partial charge in [-0.2, -0.15) is 0 Å². The summed E-state index contributed by atoms with van der Waals surface area (Å²) in [5, 5.41) is 2.94. The highest BCUT2D eigenvalue weighted by Gasteiger charge is 2.18.